The Kier molecular flexibility index (Phi) is 6.38. The number of hydrogen-bond acceptors (Lipinski definition) is 5. The molecule has 0 saturated carbocycles. The van der Waals surface area contributed by atoms with Crippen molar-refractivity contribution in [3.05, 3.63) is 41.7 Å². The lowest BCUT2D eigenvalue weighted by molar-refractivity contribution is -0.136. The number of carbonyl (C=O) groups is 1. The van der Waals surface area contributed by atoms with Crippen molar-refractivity contribution in [1.29, 1.82) is 0 Å². The molecule has 2 saturated heterocycles. The summed E-state index contributed by atoms with van der Waals surface area (Å²) in [5.41, 5.74) is -1.08. The van der Waals surface area contributed by atoms with E-state index in [2.05, 4.69) is 25.1 Å². The van der Waals surface area contributed by atoms with Crippen molar-refractivity contribution >= 4 is 23.4 Å². The Balaban J connectivity index is 1.39. The number of piperazine rings is 1. The zero-order chi connectivity index (χ0) is 22.7. The number of hydrogen-bond donors (Lipinski definition) is 1. The number of para-hydroxylation sites is 1. The summed E-state index contributed by atoms with van der Waals surface area (Å²) in [6, 6.07) is 6.47. The first-order valence-electron chi connectivity index (χ1n) is 10.9. The summed E-state index contributed by atoms with van der Waals surface area (Å²) < 4.78 is 39.6. The van der Waals surface area contributed by atoms with E-state index in [1.807, 2.05) is 13.0 Å². The van der Waals surface area contributed by atoms with Gasteiger partial charge in [0.1, 0.15) is 17.5 Å². The van der Waals surface area contributed by atoms with E-state index in [1.165, 1.54) is 29.5 Å². The zero-order valence-corrected chi connectivity index (χ0v) is 18.0. The van der Waals surface area contributed by atoms with Crippen LogP contribution in [0.4, 0.5) is 35.3 Å². The number of aryl methyl sites for hydroxylation is 1. The van der Waals surface area contributed by atoms with Crippen molar-refractivity contribution in [1.82, 2.24) is 14.9 Å². The fourth-order valence-corrected chi connectivity index (χ4v) is 4.16. The molecule has 2 amide bonds. The van der Waals surface area contributed by atoms with Gasteiger partial charge in [0.05, 0.1) is 11.3 Å². The standard InChI is InChI=1S/C22H27F3N6O/c1-16-26-19(29-9-5-2-6-10-29)15-20(27-16)30-11-13-31(14-12-30)21(32)28-18-8-4-3-7-17(18)22(23,24)25/h3-4,7-8,15H,2,5-6,9-14H2,1H3,(H,28,32). The van der Waals surface area contributed by atoms with Gasteiger partial charge >= 0.3 is 12.2 Å². The normalized spacial score (nSPS) is 17.4. The molecule has 2 aromatic rings. The Hall–Kier alpha value is -3.04. The van der Waals surface area contributed by atoms with Gasteiger partial charge in [-0.1, -0.05) is 12.1 Å². The lowest BCUT2D eigenvalue weighted by atomic mass is 10.1. The molecule has 0 atom stereocenters. The van der Waals surface area contributed by atoms with Crippen LogP contribution in [0.2, 0.25) is 0 Å². The lowest BCUT2D eigenvalue weighted by Gasteiger charge is -2.36. The molecule has 7 nitrogen and oxygen atoms in total. The van der Waals surface area contributed by atoms with E-state index >= 15 is 0 Å². The summed E-state index contributed by atoms with van der Waals surface area (Å²) >= 11 is 0. The third kappa shape index (κ3) is 5.05. The first kappa shape index (κ1) is 22.2. The van der Waals surface area contributed by atoms with Crippen LogP contribution in [0.15, 0.2) is 30.3 Å². The van der Waals surface area contributed by atoms with Gasteiger partial charge in [-0.3, -0.25) is 0 Å². The minimum atomic E-state index is -4.53. The Labute approximate surface area is 185 Å². The maximum absolute atomic E-state index is 13.2. The van der Waals surface area contributed by atoms with Crippen LogP contribution in [-0.4, -0.2) is 60.2 Å². The Morgan fingerprint density at radius 3 is 2.12 bits per heavy atom. The predicted molar refractivity (Wildman–Crippen MR) is 117 cm³/mol. The van der Waals surface area contributed by atoms with Crippen molar-refractivity contribution in [2.24, 2.45) is 0 Å². The predicted octanol–water partition coefficient (Wildman–Crippen LogP) is 4.15. The van der Waals surface area contributed by atoms with Gasteiger partial charge in [0.2, 0.25) is 0 Å². The highest BCUT2D eigenvalue weighted by molar-refractivity contribution is 5.90. The molecule has 10 heteroatoms. The SMILES string of the molecule is Cc1nc(N2CCCCC2)cc(N2CCN(C(=O)Nc3ccccc3C(F)(F)F)CC2)n1. The number of aromatic nitrogens is 2. The summed E-state index contributed by atoms with van der Waals surface area (Å²) in [6.45, 7) is 5.73. The van der Waals surface area contributed by atoms with Crippen LogP contribution in [0.5, 0.6) is 0 Å². The van der Waals surface area contributed by atoms with Gasteiger partial charge < -0.3 is 20.0 Å². The minimum absolute atomic E-state index is 0.231. The van der Waals surface area contributed by atoms with Crippen LogP contribution in [0.3, 0.4) is 0 Å². The van der Waals surface area contributed by atoms with Crippen molar-refractivity contribution in [3.8, 4) is 0 Å². The van der Waals surface area contributed by atoms with Gasteiger partial charge in [-0.25, -0.2) is 14.8 Å². The minimum Gasteiger partial charge on any atom is -0.356 e. The number of halogens is 3. The van der Waals surface area contributed by atoms with Crippen LogP contribution in [-0.2, 0) is 6.18 Å². The number of nitrogens with one attached hydrogen (secondary N) is 1. The second-order valence-electron chi connectivity index (χ2n) is 8.13. The quantitative estimate of drug-likeness (QED) is 0.764. The van der Waals surface area contributed by atoms with Crippen LogP contribution < -0.4 is 15.1 Å². The molecule has 32 heavy (non-hydrogen) atoms. The van der Waals surface area contributed by atoms with Crippen LogP contribution >= 0.6 is 0 Å². The number of amides is 2. The maximum Gasteiger partial charge on any atom is 0.418 e. The average molecular weight is 448 g/mol. The summed E-state index contributed by atoms with van der Waals surface area (Å²) in [4.78, 5) is 27.7. The smallest absolute Gasteiger partial charge is 0.356 e. The van der Waals surface area contributed by atoms with E-state index in [4.69, 9.17) is 0 Å². The maximum atomic E-state index is 13.2. The van der Waals surface area contributed by atoms with Crippen molar-refractivity contribution in [3.63, 3.8) is 0 Å². The van der Waals surface area contributed by atoms with E-state index in [9.17, 15) is 18.0 Å². The van der Waals surface area contributed by atoms with E-state index in [1.54, 1.807) is 0 Å². The molecule has 2 aliphatic rings. The van der Waals surface area contributed by atoms with Crippen LogP contribution in [0, 0.1) is 6.92 Å². The van der Waals surface area contributed by atoms with Gasteiger partial charge in [0.15, 0.2) is 0 Å². The van der Waals surface area contributed by atoms with E-state index < -0.39 is 17.8 Å². The third-order valence-electron chi connectivity index (χ3n) is 5.86. The fourth-order valence-electron chi connectivity index (χ4n) is 4.16. The van der Waals surface area contributed by atoms with Crippen molar-refractivity contribution in [2.75, 3.05) is 54.4 Å². The van der Waals surface area contributed by atoms with E-state index in [-0.39, 0.29) is 5.69 Å². The average Bonchev–Trinajstić information content (AvgIpc) is 2.79. The molecule has 0 radical (unpaired) electrons. The molecular formula is C22H27F3N6O. The first-order valence-corrected chi connectivity index (χ1v) is 10.9. The molecule has 3 heterocycles. The molecule has 0 unspecified atom stereocenters. The highest BCUT2D eigenvalue weighted by Crippen LogP contribution is 2.34. The number of urea groups is 1. The van der Waals surface area contributed by atoms with Gasteiger partial charge in [-0.15, -0.1) is 0 Å². The summed E-state index contributed by atoms with van der Waals surface area (Å²) in [7, 11) is 0. The molecule has 172 valence electrons. The second-order valence-corrected chi connectivity index (χ2v) is 8.13. The molecule has 4 rings (SSSR count). The van der Waals surface area contributed by atoms with Crippen molar-refractivity contribution in [2.45, 2.75) is 32.4 Å². The number of rotatable bonds is 3. The summed E-state index contributed by atoms with van der Waals surface area (Å²) in [5, 5.41) is 2.42. The Morgan fingerprint density at radius 1 is 0.906 bits per heavy atom. The van der Waals surface area contributed by atoms with Gasteiger partial charge in [0.25, 0.3) is 0 Å². The molecule has 1 aromatic carbocycles. The van der Waals surface area contributed by atoms with Crippen LogP contribution in [0.1, 0.15) is 30.7 Å². The second kappa shape index (κ2) is 9.22. The number of piperidine rings is 1. The number of alkyl halides is 3. The highest BCUT2D eigenvalue weighted by Gasteiger charge is 2.34. The van der Waals surface area contributed by atoms with Crippen molar-refractivity contribution < 1.29 is 18.0 Å². The van der Waals surface area contributed by atoms with Crippen LogP contribution in [0.25, 0.3) is 0 Å². The molecule has 1 aromatic heterocycles. The highest BCUT2D eigenvalue weighted by atomic mass is 19.4. The molecule has 0 bridgehead atoms. The van der Waals surface area contributed by atoms with E-state index in [0.29, 0.717) is 32.0 Å². The monoisotopic (exact) mass is 448 g/mol. The molecule has 0 aliphatic carbocycles. The largest absolute Gasteiger partial charge is 0.418 e. The Bertz CT molecular complexity index is 953. The van der Waals surface area contributed by atoms with E-state index in [0.717, 1.165) is 43.6 Å². The van der Waals surface area contributed by atoms with Gasteiger partial charge in [-0.2, -0.15) is 13.2 Å². The summed E-state index contributed by atoms with van der Waals surface area (Å²) in [5.74, 6) is 2.45. The zero-order valence-electron chi connectivity index (χ0n) is 18.0. The molecule has 2 aliphatic heterocycles. The van der Waals surface area contributed by atoms with Gasteiger partial charge in [-0.05, 0) is 38.3 Å². The first-order chi connectivity index (χ1) is 15.3. The number of benzene rings is 1. The van der Waals surface area contributed by atoms with Gasteiger partial charge in [0, 0.05) is 45.3 Å². The number of nitrogens with zero attached hydrogens (tertiary/aromatic N) is 5. The number of carbonyl (C=O) groups excluding carboxylic acids is 1. The Morgan fingerprint density at radius 2 is 1.50 bits per heavy atom. The summed E-state index contributed by atoms with van der Waals surface area (Å²) in [6.07, 6.45) is -0.975. The fraction of sp³-hybridized carbons (Fsp3) is 0.500. The molecule has 0 spiro atoms. The number of anilines is 3. The molecule has 1 N–H and O–H groups in total. The topological polar surface area (TPSA) is 64.6 Å². The lowest BCUT2D eigenvalue weighted by Crippen LogP contribution is -2.50. The third-order valence-corrected chi connectivity index (χ3v) is 5.86. The molecule has 2 fully saturated rings. The molecular weight excluding hydrogens is 421 g/mol.